The molecule has 0 unspecified atom stereocenters. The van der Waals surface area contributed by atoms with Crippen LogP contribution in [0.2, 0.25) is 0 Å². The average molecular weight is 247 g/mol. The Kier molecular flexibility index (Phi) is 7.44. The number of carbonyl (C=O) groups excluding carboxylic acids is 2. The minimum atomic E-state index is -1.38. The van der Waals surface area contributed by atoms with Crippen molar-refractivity contribution in [2.24, 2.45) is 0 Å². The Balaban J connectivity index is 3.86. The summed E-state index contributed by atoms with van der Waals surface area (Å²) >= 11 is 0. The number of urea groups is 1. The number of nitrogens with one attached hydrogen (secondary N) is 3. The lowest BCUT2D eigenvalue weighted by molar-refractivity contribution is -0.140. The summed E-state index contributed by atoms with van der Waals surface area (Å²) in [5, 5.41) is 23.9. The summed E-state index contributed by atoms with van der Waals surface area (Å²) in [5.41, 5.74) is 0. The highest BCUT2D eigenvalue weighted by atomic mass is 16.4. The summed E-state index contributed by atoms with van der Waals surface area (Å²) in [4.78, 5) is 32.7. The van der Waals surface area contributed by atoms with E-state index < -0.39 is 24.6 Å². The first-order valence-electron chi connectivity index (χ1n) is 5.16. The maximum absolute atomic E-state index is 11.1. The maximum Gasteiger partial charge on any atom is 0.328 e. The third-order valence-corrected chi connectivity index (χ3v) is 1.77. The van der Waals surface area contributed by atoms with E-state index in [4.69, 9.17) is 10.2 Å². The molecule has 0 saturated heterocycles. The van der Waals surface area contributed by atoms with Crippen molar-refractivity contribution in [1.29, 1.82) is 0 Å². The van der Waals surface area contributed by atoms with Gasteiger partial charge in [0.1, 0.15) is 0 Å². The summed E-state index contributed by atoms with van der Waals surface area (Å²) in [5.74, 6) is -1.71. The monoisotopic (exact) mass is 247 g/mol. The number of hydrogen-bond donors (Lipinski definition) is 5. The molecule has 0 aromatic heterocycles. The Morgan fingerprint density at radius 3 is 2.35 bits per heavy atom. The third-order valence-electron chi connectivity index (χ3n) is 1.77. The van der Waals surface area contributed by atoms with Crippen molar-refractivity contribution in [3.05, 3.63) is 0 Å². The van der Waals surface area contributed by atoms with Gasteiger partial charge in [-0.3, -0.25) is 4.79 Å². The van der Waals surface area contributed by atoms with Crippen LogP contribution in [0.5, 0.6) is 0 Å². The normalized spacial score (nSPS) is 11.4. The number of carbonyl (C=O) groups is 3. The van der Waals surface area contributed by atoms with Crippen LogP contribution in [0.1, 0.15) is 13.3 Å². The van der Waals surface area contributed by atoms with E-state index in [2.05, 4.69) is 10.6 Å². The van der Waals surface area contributed by atoms with E-state index in [1.54, 1.807) is 0 Å². The number of carboxylic acid groups (broad SMARTS) is 1. The van der Waals surface area contributed by atoms with E-state index in [1.165, 1.54) is 0 Å². The Morgan fingerprint density at radius 2 is 1.88 bits per heavy atom. The lowest BCUT2D eigenvalue weighted by Crippen LogP contribution is -2.49. The second-order valence-corrected chi connectivity index (χ2v) is 3.25. The predicted molar refractivity (Wildman–Crippen MR) is 58.3 cm³/mol. The van der Waals surface area contributed by atoms with Crippen LogP contribution in [-0.4, -0.2) is 53.9 Å². The standard InChI is InChI=1S/C9H17N3O5/c1-2-3-10-7(14)4-11-9(17)12-6(5-13)8(15)16/h6,13H,2-5H2,1H3,(H,10,14)(H,15,16)(H2,11,12,17)/t6-/m1/s1. The molecule has 0 aliphatic carbocycles. The van der Waals surface area contributed by atoms with Gasteiger partial charge in [-0.25, -0.2) is 9.59 Å². The molecule has 0 spiro atoms. The second kappa shape index (κ2) is 8.34. The van der Waals surface area contributed by atoms with Gasteiger partial charge >= 0.3 is 12.0 Å². The van der Waals surface area contributed by atoms with Crippen LogP contribution in [0.3, 0.4) is 0 Å². The van der Waals surface area contributed by atoms with Crippen LogP contribution in [-0.2, 0) is 9.59 Å². The number of rotatable bonds is 7. The van der Waals surface area contributed by atoms with E-state index in [0.29, 0.717) is 6.54 Å². The molecule has 0 heterocycles. The van der Waals surface area contributed by atoms with Crippen LogP contribution < -0.4 is 16.0 Å². The van der Waals surface area contributed by atoms with E-state index in [1.807, 2.05) is 12.2 Å². The van der Waals surface area contributed by atoms with Crippen molar-refractivity contribution in [1.82, 2.24) is 16.0 Å². The van der Waals surface area contributed by atoms with Gasteiger partial charge in [-0.15, -0.1) is 0 Å². The molecule has 0 radical (unpaired) electrons. The van der Waals surface area contributed by atoms with Gasteiger partial charge in [-0.1, -0.05) is 6.92 Å². The highest BCUT2D eigenvalue weighted by molar-refractivity contribution is 5.86. The molecule has 0 aliphatic heterocycles. The summed E-state index contributed by atoms with van der Waals surface area (Å²) in [6, 6.07) is -2.20. The molecule has 8 nitrogen and oxygen atoms in total. The number of aliphatic hydroxyl groups is 1. The molecule has 0 saturated carbocycles. The lowest BCUT2D eigenvalue weighted by atomic mass is 10.3. The van der Waals surface area contributed by atoms with E-state index in [9.17, 15) is 14.4 Å². The average Bonchev–Trinajstić information content (AvgIpc) is 2.30. The van der Waals surface area contributed by atoms with Gasteiger partial charge in [0.2, 0.25) is 5.91 Å². The van der Waals surface area contributed by atoms with Gasteiger partial charge in [0.15, 0.2) is 6.04 Å². The van der Waals surface area contributed by atoms with Crippen molar-refractivity contribution in [2.45, 2.75) is 19.4 Å². The number of hydrogen-bond acceptors (Lipinski definition) is 4. The zero-order valence-electron chi connectivity index (χ0n) is 9.52. The van der Waals surface area contributed by atoms with Crippen LogP contribution in [0.25, 0.3) is 0 Å². The van der Waals surface area contributed by atoms with Crippen molar-refractivity contribution in [3.8, 4) is 0 Å². The van der Waals surface area contributed by atoms with Crippen molar-refractivity contribution in [2.75, 3.05) is 19.7 Å². The van der Waals surface area contributed by atoms with Crippen molar-refractivity contribution < 1.29 is 24.6 Å². The highest BCUT2D eigenvalue weighted by Crippen LogP contribution is 1.82. The quantitative estimate of drug-likeness (QED) is 0.365. The number of aliphatic carboxylic acids is 1. The fraction of sp³-hybridized carbons (Fsp3) is 0.667. The topological polar surface area (TPSA) is 128 Å². The summed E-state index contributed by atoms with van der Waals surface area (Å²) in [6.45, 7) is 1.43. The predicted octanol–water partition coefficient (Wildman–Crippen LogP) is -1.74. The second-order valence-electron chi connectivity index (χ2n) is 3.25. The molecular formula is C9H17N3O5. The third kappa shape index (κ3) is 7.12. The number of carboxylic acids is 1. The molecule has 0 aliphatic rings. The summed E-state index contributed by atoms with van der Waals surface area (Å²) < 4.78 is 0. The van der Waals surface area contributed by atoms with Crippen LogP contribution >= 0.6 is 0 Å². The fourth-order valence-corrected chi connectivity index (χ4v) is 0.882. The SMILES string of the molecule is CCCNC(=O)CNC(=O)N[C@H](CO)C(=O)O. The van der Waals surface area contributed by atoms with E-state index in [0.717, 1.165) is 6.42 Å². The minimum absolute atomic E-state index is 0.246. The van der Waals surface area contributed by atoms with Crippen LogP contribution in [0.4, 0.5) is 4.79 Å². The molecule has 17 heavy (non-hydrogen) atoms. The van der Waals surface area contributed by atoms with Crippen molar-refractivity contribution >= 4 is 17.9 Å². The zero-order chi connectivity index (χ0) is 13.3. The fourth-order valence-electron chi connectivity index (χ4n) is 0.882. The molecule has 3 amide bonds. The number of amides is 3. The van der Waals surface area contributed by atoms with Gasteiger partial charge in [0.05, 0.1) is 13.2 Å². The molecular weight excluding hydrogens is 230 g/mol. The van der Waals surface area contributed by atoms with Gasteiger partial charge in [0, 0.05) is 6.54 Å². The first-order chi connectivity index (χ1) is 8.01. The molecule has 1 atom stereocenters. The molecule has 8 heteroatoms. The highest BCUT2D eigenvalue weighted by Gasteiger charge is 2.18. The first kappa shape index (κ1) is 15.2. The van der Waals surface area contributed by atoms with Gasteiger partial charge in [-0.05, 0) is 6.42 Å². The first-order valence-corrected chi connectivity index (χ1v) is 5.16. The lowest BCUT2D eigenvalue weighted by Gasteiger charge is -2.12. The largest absolute Gasteiger partial charge is 0.480 e. The van der Waals surface area contributed by atoms with Crippen molar-refractivity contribution in [3.63, 3.8) is 0 Å². The van der Waals surface area contributed by atoms with Gasteiger partial charge in [-0.2, -0.15) is 0 Å². The van der Waals surface area contributed by atoms with Gasteiger partial charge < -0.3 is 26.2 Å². The molecule has 0 fully saturated rings. The van der Waals surface area contributed by atoms with Crippen LogP contribution in [0, 0.1) is 0 Å². The molecule has 0 rings (SSSR count). The zero-order valence-corrected chi connectivity index (χ0v) is 9.52. The summed E-state index contributed by atoms with van der Waals surface area (Å²) in [7, 11) is 0. The minimum Gasteiger partial charge on any atom is -0.480 e. The molecule has 5 N–H and O–H groups in total. The molecule has 98 valence electrons. The molecule has 0 aromatic rings. The molecule has 0 aromatic carbocycles. The van der Waals surface area contributed by atoms with Gasteiger partial charge in [0.25, 0.3) is 0 Å². The summed E-state index contributed by atoms with van der Waals surface area (Å²) in [6.07, 6.45) is 0.781. The Labute approximate surface area is 98.4 Å². The van der Waals surface area contributed by atoms with E-state index in [-0.39, 0.29) is 12.5 Å². The Bertz CT molecular complexity index is 282. The maximum atomic E-state index is 11.1. The molecule has 0 bridgehead atoms. The van der Waals surface area contributed by atoms with E-state index >= 15 is 0 Å². The number of aliphatic hydroxyl groups excluding tert-OH is 1. The van der Waals surface area contributed by atoms with Crippen LogP contribution in [0.15, 0.2) is 0 Å². The Morgan fingerprint density at radius 1 is 1.24 bits per heavy atom. The Hall–Kier alpha value is -1.83. The smallest absolute Gasteiger partial charge is 0.328 e.